The van der Waals surface area contributed by atoms with Crippen LogP contribution in [0.5, 0.6) is 0 Å². The first kappa shape index (κ1) is 21.3. The predicted molar refractivity (Wildman–Crippen MR) is 97.3 cm³/mol. The monoisotopic (exact) mass is 423 g/mol. The molecule has 1 saturated heterocycles. The van der Waals surface area contributed by atoms with E-state index in [2.05, 4.69) is 10.6 Å². The number of amides is 4. The number of hydrogen-bond donors (Lipinski definition) is 2. The molecule has 0 saturated carbocycles. The van der Waals surface area contributed by atoms with E-state index >= 15 is 0 Å². The Morgan fingerprint density at radius 3 is 2.50 bits per heavy atom. The molecule has 0 radical (unpaired) electrons. The number of imide groups is 1. The smallest absolute Gasteiger partial charge is 0.350 e. The van der Waals surface area contributed by atoms with E-state index in [1.54, 1.807) is 6.07 Å². The molecular weight excluding hydrogens is 406 g/mol. The summed E-state index contributed by atoms with van der Waals surface area (Å²) < 4.78 is 52.6. The minimum atomic E-state index is -4.62. The van der Waals surface area contributed by atoms with Gasteiger partial charge in [0.1, 0.15) is 17.9 Å². The Morgan fingerprint density at radius 2 is 1.83 bits per heavy atom. The number of nitrogens with one attached hydrogen (secondary N) is 2. The molecule has 1 fully saturated rings. The molecule has 158 valence electrons. The van der Waals surface area contributed by atoms with Crippen LogP contribution in [0.2, 0.25) is 0 Å². The summed E-state index contributed by atoms with van der Waals surface area (Å²) in [6.07, 6.45) is -4.62. The normalized spacial score (nSPS) is 19.0. The number of carbonyl (C=O) groups is 3. The number of alkyl halides is 3. The number of nitrogens with zero attached hydrogens (tertiary/aromatic N) is 1. The van der Waals surface area contributed by atoms with Crippen LogP contribution in [0.4, 0.5) is 22.4 Å². The number of urea groups is 1. The van der Waals surface area contributed by atoms with Crippen LogP contribution in [0.3, 0.4) is 0 Å². The second-order valence-electron chi connectivity index (χ2n) is 6.89. The molecule has 10 heteroatoms. The first-order chi connectivity index (χ1) is 14.0. The number of hydrogen-bond acceptors (Lipinski definition) is 3. The number of carbonyl (C=O) groups excluding carboxylic acids is 3. The summed E-state index contributed by atoms with van der Waals surface area (Å²) in [6, 6.07) is 8.89. The Labute approximate surface area is 168 Å². The topological polar surface area (TPSA) is 78.5 Å². The maximum Gasteiger partial charge on any atom is 0.416 e. The molecular formula is C20H17F4N3O3. The first-order valence-corrected chi connectivity index (χ1v) is 8.84. The molecule has 6 nitrogen and oxygen atoms in total. The Kier molecular flexibility index (Phi) is 5.51. The van der Waals surface area contributed by atoms with Gasteiger partial charge in [-0.05, 0) is 30.7 Å². The minimum Gasteiger partial charge on any atom is -0.350 e. The maximum absolute atomic E-state index is 13.6. The lowest BCUT2D eigenvalue weighted by Gasteiger charge is -2.23. The number of rotatable bonds is 5. The van der Waals surface area contributed by atoms with Gasteiger partial charge in [-0.15, -0.1) is 0 Å². The Bertz CT molecular complexity index is 1010. The van der Waals surface area contributed by atoms with Crippen LogP contribution in [0.1, 0.15) is 23.6 Å². The van der Waals surface area contributed by atoms with Crippen LogP contribution in [0.15, 0.2) is 48.5 Å². The van der Waals surface area contributed by atoms with Gasteiger partial charge in [-0.3, -0.25) is 14.5 Å². The van der Waals surface area contributed by atoms with Crippen molar-refractivity contribution in [2.75, 3.05) is 6.54 Å². The van der Waals surface area contributed by atoms with E-state index in [0.717, 1.165) is 18.2 Å². The van der Waals surface area contributed by atoms with Gasteiger partial charge in [0, 0.05) is 12.1 Å². The quantitative estimate of drug-likeness (QED) is 0.574. The molecule has 1 heterocycles. The van der Waals surface area contributed by atoms with Crippen molar-refractivity contribution in [3.8, 4) is 0 Å². The lowest BCUT2D eigenvalue weighted by molar-refractivity contribution is -0.138. The zero-order chi connectivity index (χ0) is 22.1. The predicted octanol–water partition coefficient (Wildman–Crippen LogP) is 2.93. The van der Waals surface area contributed by atoms with Gasteiger partial charge in [-0.25, -0.2) is 9.18 Å². The molecule has 0 unspecified atom stereocenters. The van der Waals surface area contributed by atoms with Crippen molar-refractivity contribution in [3.63, 3.8) is 0 Å². The molecule has 3 rings (SSSR count). The van der Waals surface area contributed by atoms with Crippen molar-refractivity contribution in [1.82, 2.24) is 15.5 Å². The molecule has 0 bridgehead atoms. The Balaban J connectivity index is 1.73. The fraction of sp³-hybridized carbons (Fsp3) is 0.250. The summed E-state index contributed by atoms with van der Waals surface area (Å²) in [6.45, 7) is 0.452. The molecule has 2 aromatic carbocycles. The highest BCUT2D eigenvalue weighted by atomic mass is 19.4. The summed E-state index contributed by atoms with van der Waals surface area (Å²) >= 11 is 0. The Hall–Kier alpha value is -3.43. The van der Waals surface area contributed by atoms with Gasteiger partial charge in [0.25, 0.3) is 5.91 Å². The fourth-order valence-electron chi connectivity index (χ4n) is 3.08. The second-order valence-corrected chi connectivity index (χ2v) is 6.89. The lowest BCUT2D eigenvalue weighted by atomic mass is 9.90. The van der Waals surface area contributed by atoms with Crippen molar-refractivity contribution in [2.24, 2.45) is 0 Å². The van der Waals surface area contributed by atoms with Crippen LogP contribution < -0.4 is 10.6 Å². The molecule has 0 aromatic heterocycles. The van der Waals surface area contributed by atoms with E-state index < -0.39 is 47.5 Å². The van der Waals surface area contributed by atoms with E-state index in [1.165, 1.54) is 31.2 Å². The van der Waals surface area contributed by atoms with E-state index in [0.29, 0.717) is 4.90 Å². The standard InChI is InChI=1S/C20H17F4N3O3/c1-19(13-6-4-7-14(9-13)20(22,23)24)17(29)27(18(30)26-19)11-16(28)25-10-12-5-2-3-8-15(12)21/h2-9H,10-11H2,1H3,(H,25,28)(H,26,30)/t19-/m1/s1. The zero-order valence-corrected chi connectivity index (χ0v) is 15.7. The molecule has 0 aliphatic carbocycles. The second kappa shape index (κ2) is 7.77. The minimum absolute atomic E-state index is 0.0649. The maximum atomic E-state index is 13.6. The third-order valence-electron chi connectivity index (χ3n) is 4.78. The van der Waals surface area contributed by atoms with Crippen molar-refractivity contribution < 1.29 is 31.9 Å². The van der Waals surface area contributed by atoms with E-state index in [9.17, 15) is 31.9 Å². The third kappa shape index (κ3) is 4.12. The van der Waals surface area contributed by atoms with Gasteiger partial charge in [0.15, 0.2) is 0 Å². The van der Waals surface area contributed by atoms with Gasteiger partial charge in [0.2, 0.25) is 5.91 Å². The highest BCUT2D eigenvalue weighted by Crippen LogP contribution is 2.34. The SMILES string of the molecule is C[C@]1(c2cccc(C(F)(F)F)c2)NC(=O)N(CC(=O)NCc2ccccc2F)C1=O. The zero-order valence-electron chi connectivity index (χ0n) is 15.7. The van der Waals surface area contributed by atoms with Crippen molar-refractivity contribution in [1.29, 1.82) is 0 Å². The van der Waals surface area contributed by atoms with Crippen LogP contribution >= 0.6 is 0 Å². The van der Waals surface area contributed by atoms with Gasteiger partial charge in [-0.1, -0.05) is 30.3 Å². The summed E-state index contributed by atoms with van der Waals surface area (Å²) in [5.41, 5.74) is -2.57. The van der Waals surface area contributed by atoms with Crippen LogP contribution in [0.25, 0.3) is 0 Å². The molecule has 4 amide bonds. The average Bonchev–Trinajstić information content (AvgIpc) is 2.91. The first-order valence-electron chi connectivity index (χ1n) is 8.84. The van der Waals surface area contributed by atoms with Gasteiger partial charge in [0.05, 0.1) is 5.56 Å². The number of halogens is 4. The third-order valence-corrected chi connectivity index (χ3v) is 4.78. The summed E-state index contributed by atoms with van der Waals surface area (Å²) in [4.78, 5) is 37.8. The van der Waals surface area contributed by atoms with E-state index in [1.807, 2.05) is 0 Å². The molecule has 1 aliphatic rings. The summed E-state index contributed by atoms with van der Waals surface area (Å²) in [7, 11) is 0. The largest absolute Gasteiger partial charge is 0.416 e. The molecule has 2 N–H and O–H groups in total. The van der Waals surface area contributed by atoms with Crippen molar-refractivity contribution in [3.05, 3.63) is 71.0 Å². The van der Waals surface area contributed by atoms with Crippen LogP contribution in [0, 0.1) is 5.82 Å². The van der Waals surface area contributed by atoms with Gasteiger partial charge >= 0.3 is 12.2 Å². The molecule has 0 spiro atoms. The summed E-state index contributed by atoms with van der Waals surface area (Å²) in [5.74, 6) is -2.12. The van der Waals surface area contributed by atoms with Crippen molar-refractivity contribution >= 4 is 17.8 Å². The highest BCUT2D eigenvalue weighted by Gasteiger charge is 2.50. The lowest BCUT2D eigenvalue weighted by Crippen LogP contribution is -2.43. The molecule has 1 aliphatic heterocycles. The van der Waals surface area contributed by atoms with Gasteiger partial charge in [-0.2, -0.15) is 13.2 Å². The van der Waals surface area contributed by atoms with Crippen LogP contribution in [-0.4, -0.2) is 29.3 Å². The van der Waals surface area contributed by atoms with Crippen molar-refractivity contribution in [2.45, 2.75) is 25.2 Å². The van der Waals surface area contributed by atoms with E-state index in [-0.39, 0.29) is 17.7 Å². The fourth-order valence-corrected chi connectivity index (χ4v) is 3.08. The highest BCUT2D eigenvalue weighted by molar-refractivity contribution is 6.09. The van der Waals surface area contributed by atoms with E-state index in [4.69, 9.17) is 0 Å². The Morgan fingerprint density at radius 1 is 1.13 bits per heavy atom. The molecule has 1 atom stereocenters. The number of benzene rings is 2. The average molecular weight is 423 g/mol. The molecule has 2 aromatic rings. The summed E-state index contributed by atoms with van der Waals surface area (Å²) in [5, 5.41) is 4.75. The van der Waals surface area contributed by atoms with Gasteiger partial charge < -0.3 is 10.6 Å². The molecule has 30 heavy (non-hydrogen) atoms. The van der Waals surface area contributed by atoms with Crippen LogP contribution in [-0.2, 0) is 27.8 Å².